The lowest BCUT2D eigenvalue weighted by Gasteiger charge is -2.19. The first-order valence-corrected chi connectivity index (χ1v) is 6.58. The van der Waals surface area contributed by atoms with E-state index in [2.05, 4.69) is 27.3 Å². The van der Waals surface area contributed by atoms with Crippen LogP contribution in [0.15, 0.2) is 18.3 Å². The Kier molecular flexibility index (Phi) is 3.07. The molecule has 1 saturated heterocycles. The third-order valence-electron chi connectivity index (χ3n) is 3.84. The number of nitrogens with zero attached hydrogens (tertiary/aromatic N) is 3. The molecule has 1 aliphatic carbocycles. The van der Waals surface area contributed by atoms with Crippen molar-refractivity contribution in [1.82, 2.24) is 20.4 Å². The van der Waals surface area contributed by atoms with Crippen LogP contribution in [0, 0.1) is 0 Å². The summed E-state index contributed by atoms with van der Waals surface area (Å²) >= 11 is 0. The SMILES string of the molecule is CC1CC(NCc2cccnn2)CN1C1CC1. The lowest BCUT2D eigenvalue weighted by atomic mass is 10.2. The van der Waals surface area contributed by atoms with Gasteiger partial charge in [-0.3, -0.25) is 4.90 Å². The molecule has 0 spiro atoms. The Morgan fingerprint density at radius 1 is 1.47 bits per heavy atom. The Morgan fingerprint density at radius 2 is 2.35 bits per heavy atom. The van der Waals surface area contributed by atoms with Crippen molar-refractivity contribution < 1.29 is 0 Å². The maximum Gasteiger partial charge on any atom is 0.0769 e. The fourth-order valence-electron chi connectivity index (χ4n) is 2.80. The van der Waals surface area contributed by atoms with Crippen molar-refractivity contribution in [1.29, 1.82) is 0 Å². The molecule has 2 heterocycles. The van der Waals surface area contributed by atoms with Crippen molar-refractivity contribution in [2.24, 2.45) is 0 Å². The van der Waals surface area contributed by atoms with E-state index < -0.39 is 0 Å². The van der Waals surface area contributed by atoms with E-state index in [4.69, 9.17) is 0 Å². The minimum absolute atomic E-state index is 0.618. The molecule has 1 saturated carbocycles. The van der Waals surface area contributed by atoms with Gasteiger partial charge in [-0.25, -0.2) is 0 Å². The zero-order valence-corrected chi connectivity index (χ0v) is 10.3. The first-order chi connectivity index (χ1) is 8.33. The lowest BCUT2D eigenvalue weighted by molar-refractivity contribution is 0.255. The molecule has 2 atom stereocenters. The van der Waals surface area contributed by atoms with E-state index in [9.17, 15) is 0 Å². The van der Waals surface area contributed by atoms with Crippen molar-refractivity contribution in [3.05, 3.63) is 24.0 Å². The highest BCUT2D eigenvalue weighted by Crippen LogP contribution is 2.33. The highest BCUT2D eigenvalue weighted by atomic mass is 15.3. The van der Waals surface area contributed by atoms with Crippen LogP contribution in [0.5, 0.6) is 0 Å². The van der Waals surface area contributed by atoms with Gasteiger partial charge in [-0.2, -0.15) is 10.2 Å². The molecule has 0 aromatic carbocycles. The van der Waals surface area contributed by atoms with Gasteiger partial charge >= 0.3 is 0 Å². The van der Waals surface area contributed by atoms with Gasteiger partial charge in [0.2, 0.25) is 0 Å². The second-order valence-electron chi connectivity index (χ2n) is 5.31. The number of hydrogen-bond donors (Lipinski definition) is 1. The molecular weight excluding hydrogens is 212 g/mol. The number of nitrogens with one attached hydrogen (secondary N) is 1. The van der Waals surface area contributed by atoms with Gasteiger partial charge in [-0.1, -0.05) is 0 Å². The Morgan fingerprint density at radius 3 is 3.06 bits per heavy atom. The average Bonchev–Trinajstić information content (AvgIpc) is 3.12. The zero-order valence-electron chi connectivity index (χ0n) is 10.3. The number of rotatable bonds is 4. The van der Waals surface area contributed by atoms with E-state index in [1.807, 2.05) is 12.1 Å². The van der Waals surface area contributed by atoms with Crippen LogP contribution < -0.4 is 5.32 Å². The van der Waals surface area contributed by atoms with Crippen LogP contribution in [-0.4, -0.2) is 39.8 Å². The molecule has 1 aromatic heterocycles. The molecule has 4 nitrogen and oxygen atoms in total. The fourth-order valence-corrected chi connectivity index (χ4v) is 2.80. The maximum atomic E-state index is 4.10. The molecule has 2 fully saturated rings. The number of aromatic nitrogens is 2. The molecule has 2 unspecified atom stereocenters. The van der Waals surface area contributed by atoms with Crippen molar-refractivity contribution in [2.75, 3.05) is 6.54 Å². The molecule has 92 valence electrons. The summed E-state index contributed by atoms with van der Waals surface area (Å²) in [5.74, 6) is 0. The first kappa shape index (κ1) is 11.1. The third-order valence-corrected chi connectivity index (χ3v) is 3.84. The van der Waals surface area contributed by atoms with E-state index in [1.54, 1.807) is 6.20 Å². The molecule has 4 heteroatoms. The van der Waals surface area contributed by atoms with Gasteiger partial charge in [-0.15, -0.1) is 0 Å². The second-order valence-corrected chi connectivity index (χ2v) is 5.31. The molecule has 0 amide bonds. The van der Waals surface area contributed by atoms with Gasteiger partial charge in [0.1, 0.15) is 0 Å². The van der Waals surface area contributed by atoms with Crippen molar-refractivity contribution in [3.8, 4) is 0 Å². The minimum atomic E-state index is 0.618. The largest absolute Gasteiger partial charge is 0.307 e. The van der Waals surface area contributed by atoms with E-state index in [0.717, 1.165) is 24.3 Å². The highest BCUT2D eigenvalue weighted by molar-refractivity contribution is 5.00. The predicted molar refractivity (Wildman–Crippen MR) is 66.5 cm³/mol. The van der Waals surface area contributed by atoms with Crippen LogP contribution in [0.1, 0.15) is 31.9 Å². The predicted octanol–water partition coefficient (Wildman–Crippen LogP) is 1.19. The number of hydrogen-bond acceptors (Lipinski definition) is 4. The maximum absolute atomic E-state index is 4.10. The summed E-state index contributed by atoms with van der Waals surface area (Å²) in [4.78, 5) is 2.66. The van der Waals surface area contributed by atoms with Crippen LogP contribution in [0.2, 0.25) is 0 Å². The van der Waals surface area contributed by atoms with Crippen molar-refractivity contribution in [2.45, 2.75) is 50.9 Å². The highest BCUT2D eigenvalue weighted by Gasteiger charge is 2.38. The number of likely N-dealkylation sites (tertiary alicyclic amines) is 1. The van der Waals surface area contributed by atoms with Crippen molar-refractivity contribution in [3.63, 3.8) is 0 Å². The first-order valence-electron chi connectivity index (χ1n) is 6.58. The Hall–Kier alpha value is -1.00. The quantitative estimate of drug-likeness (QED) is 0.846. The molecule has 17 heavy (non-hydrogen) atoms. The molecule has 2 aliphatic rings. The Labute approximate surface area is 102 Å². The lowest BCUT2D eigenvalue weighted by Crippen LogP contribution is -2.34. The van der Waals surface area contributed by atoms with Gasteiger partial charge in [0.05, 0.1) is 5.69 Å². The van der Waals surface area contributed by atoms with Gasteiger partial charge < -0.3 is 5.32 Å². The summed E-state index contributed by atoms with van der Waals surface area (Å²) in [6.07, 6.45) is 5.79. The van der Waals surface area contributed by atoms with Crippen LogP contribution in [-0.2, 0) is 6.54 Å². The van der Waals surface area contributed by atoms with Crippen LogP contribution in [0.25, 0.3) is 0 Å². The van der Waals surface area contributed by atoms with E-state index in [1.165, 1.54) is 25.8 Å². The summed E-state index contributed by atoms with van der Waals surface area (Å²) in [6, 6.07) is 6.21. The van der Waals surface area contributed by atoms with Gasteiger partial charge in [0, 0.05) is 37.4 Å². The summed E-state index contributed by atoms with van der Waals surface area (Å²) < 4.78 is 0. The van der Waals surface area contributed by atoms with Gasteiger partial charge in [-0.05, 0) is 38.3 Å². The average molecular weight is 232 g/mol. The minimum Gasteiger partial charge on any atom is -0.307 e. The molecule has 0 radical (unpaired) electrons. The van der Waals surface area contributed by atoms with Crippen LogP contribution in [0.4, 0.5) is 0 Å². The Bertz CT molecular complexity index is 363. The van der Waals surface area contributed by atoms with Gasteiger partial charge in [0.25, 0.3) is 0 Å². The smallest absolute Gasteiger partial charge is 0.0769 e. The van der Waals surface area contributed by atoms with E-state index in [-0.39, 0.29) is 0 Å². The molecule has 1 N–H and O–H groups in total. The molecule has 1 aromatic rings. The fraction of sp³-hybridized carbons (Fsp3) is 0.692. The Balaban J connectivity index is 1.50. The van der Waals surface area contributed by atoms with E-state index >= 15 is 0 Å². The summed E-state index contributed by atoms with van der Waals surface area (Å²) in [7, 11) is 0. The van der Waals surface area contributed by atoms with Crippen molar-refractivity contribution >= 4 is 0 Å². The summed E-state index contributed by atoms with van der Waals surface area (Å²) in [5.41, 5.74) is 1.03. The standard InChI is InChI=1S/C13H20N4/c1-10-7-12(9-17(10)13-4-5-13)14-8-11-3-2-6-15-16-11/h2-3,6,10,12-14H,4-5,7-9H2,1H3. The molecule has 3 rings (SSSR count). The monoisotopic (exact) mass is 232 g/mol. The molecule has 0 bridgehead atoms. The third kappa shape index (κ3) is 2.64. The van der Waals surface area contributed by atoms with Crippen LogP contribution >= 0.6 is 0 Å². The van der Waals surface area contributed by atoms with Crippen LogP contribution in [0.3, 0.4) is 0 Å². The van der Waals surface area contributed by atoms with Gasteiger partial charge in [0.15, 0.2) is 0 Å². The molecular formula is C13H20N4. The van der Waals surface area contributed by atoms with E-state index in [0.29, 0.717) is 6.04 Å². The normalized spacial score (nSPS) is 29.7. The molecule has 1 aliphatic heterocycles. The topological polar surface area (TPSA) is 41.1 Å². The summed E-state index contributed by atoms with van der Waals surface area (Å²) in [6.45, 7) is 4.39. The summed E-state index contributed by atoms with van der Waals surface area (Å²) in [5, 5.41) is 11.6. The second kappa shape index (κ2) is 4.70. The zero-order chi connectivity index (χ0) is 11.7.